The van der Waals surface area contributed by atoms with Crippen LogP contribution in [0.1, 0.15) is 19.8 Å². The summed E-state index contributed by atoms with van der Waals surface area (Å²) in [5, 5.41) is 1.36. The maximum atomic E-state index is 5.80. The molecule has 0 aromatic rings. The van der Waals surface area contributed by atoms with E-state index in [1.807, 2.05) is 6.08 Å². The molecule has 0 N–H and O–H groups in total. The van der Waals surface area contributed by atoms with Crippen molar-refractivity contribution in [3.63, 3.8) is 0 Å². The van der Waals surface area contributed by atoms with Gasteiger partial charge in [0.05, 0.1) is 0 Å². The lowest BCUT2D eigenvalue weighted by molar-refractivity contribution is 0.945. The molecule has 62 valence electrons. The molecule has 0 aliphatic carbocycles. The molecule has 0 amide bonds. The molecule has 0 saturated carbocycles. The highest BCUT2D eigenvalue weighted by molar-refractivity contribution is 6.31. The van der Waals surface area contributed by atoms with Crippen molar-refractivity contribution in [2.24, 2.45) is 0 Å². The summed E-state index contributed by atoms with van der Waals surface area (Å²) in [7, 11) is 0. The Labute approximate surface area is 78.2 Å². The molecule has 0 bridgehead atoms. The van der Waals surface area contributed by atoms with E-state index in [9.17, 15) is 0 Å². The topological polar surface area (TPSA) is 0 Å². The van der Waals surface area contributed by atoms with Crippen LogP contribution in [0.3, 0.4) is 0 Å². The Morgan fingerprint density at radius 2 is 2.09 bits per heavy atom. The molecule has 0 fully saturated rings. The number of hydrogen-bond donors (Lipinski definition) is 0. The van der Waals surface area contributed by atoms with Crippen molar-refractivity contribution in [2.75, 3.05) is 0 Å². The lowest BCUT2D eigenvalue weighted by Gasteiger charge is -1.90. The van der Waals surface area contributed by atoms with E-state index in [-0.39, 0.29) is 0 Å². The molecule has 0 saturated heterocycles. The van der Waals surface area contributed by atoms with Crippen molar-refractivity contribution in [2.45, 2.75) is 19.8 Å². The minimum Gasteiger partial charge on any atom is -0.0892 e. The average molecular weight is 191 g/mol. The Morgan fingerprint density at radius 3 is 2.55 bits per heavy atom. The summed E-state index contributed by atoms with van der Waals surface area (Å²) in [6, 6.07) is 0. The van der Waals surface area contributed by atoms with Gasteiger partial charge in [-0.25, -0.2) is 0 Å². The highest BCUT2D eigenvalue weighted by Gasteiger charge is 1.85. The van der Waals surface area contributed by atoms with E-state index in [1.165, 1.54) is 0 Å². The lowest BCUT2D eigenvalue weighted by atomic mass is 10.3. The Hall–Kier alpha value is -0.200. The van der Waals surface area contributed by atoms with Gasteiger partial charge in [0.1, 0.15) is 0 Å². The Bertz CT molecular complexity index is 178. The molecule has 0 aliphatic heterocycles. The van der Waals surface area contributed by atoms with Crippen LogP contribution in [0, 0.1) is 0 Å². The van der Waals surface area contributed by atoms with Gasteiger partial charge in [0.15, 0.2) is 0 Å². The monoisotopic (exact) mass is 190 g/mol. The zero-order valence-electron chi connectivity index (χ0n) is 6.61. The van der Waals surface area contributed by atoms with Gasteiger partial charge in [-0.05, 0) is 18.6 Å². The number of halogens is 2. The van der Waals surface area contributed by atoms with Crippen LogP contribution in [0.15, 0.2) is 34.9 Å². The maximum Gasteiger partial charge on any atom is 0.0334 e. The van der Waals surface area contributed by atoms with Gasteiger partial charge in [-0.2, -0.15) is 0 Å². The van der Waals surface area contributed by atoms with Crippen LogP contribution in [-0.4, -0.2) is 0 Å². The SMILES string of the molecule is C=C(Cl)/C=C\C=C(\Cl)CCC. The lowest BCUT2D eigenvalue weighted by Crippen LogP contribution is -1.68. The summed E-state index contributed by atoms with van der Waals surface area (Å²) >= 11 is 11.3. The van der Waals surface area contributed by atoms with Gasteiger partial charge < -0.3 is 0 Å². The minimum absolute atomic E-state index is 0.516. The van der Waals surface area contributed by atoms with Crippen LogP contribution in [0.4, 0.5) is 0 Å². The molecule has 0 rings (SSSR count). The minimum atomic E-state index is 0.516. The zero-order chi connectivity index (χ0) is 8.69. The van der Waals surface area contributed by atoms with E-state index in [1.54, 1.807) is 12.2 Å². The molecule has 0 aromatic heterocycles. The van der Waals surface area contributed by atoms with Gasteiger partial charge in [-0.1, -0.05) is 49.2 Å². The number of hydrogen-bond acceptors (Lipinski definition) is 0. The molecular weight excluding hydrogens is 179 g/mol. The molecule has 0 nitrogen and oxygen atoms in total. The molecule has 0 unspecified atom stereocenters. The molecule has 11 heavy (non-hydrogen) atoms. The molecule has 0 atom stereocenters. The average Bonchev–Trinajstić information content (AvgIpc) is 1.87. The first-order valence-electron chi connectivity index (χ1n) is 3.54. The molecular formula is C9H12Cl2. The predicted octanol–water partition coefficient (Wildman–Crippen LogP) is 4.22. The van der Waals surface area contributed by atoms with Crippen LogP contribution in [0.5, 0.6) is 0 Å². The number of rotatable bonds is 4. The van der Waals surface area contributed by atoms with Gasteiger partial charge in [0, 0.05) is 10.1 Å². The maximum absolute atomic E-state index is 5.80. The smallest absolute Gasteiger partial charge is 0.0334 e. The third kappa shape index (κ3) is 7.70. The second-order valence-electron chi connectivity index (χ2n) is 2.17. The standard InChI is InChI=1S/C9H12Cl2/c1-3-5-9(11)7-4-6-8(2)10/h4,6-7H,2-3,5H2,1H3/b6-4-,9-7+. The fraction of sp³-hybridized carbons (Fsp3) is 0.333. The highest BCUT2D eigenvalue weighted by atomic mass is 35.5. The van der Waals surface area contributed by atoms with Gasteiger partial charge in [-0.15, -0.1) is 0 Å². The Kier molecular flexibility index (Phi) is 6.39. The fourth-order valence-corrected chi connectivity index (χ4v) is 0.914. The highest BCUT2D eigenvalue weighted by Crippen LogP contribution is 2.09. The summed E-state index contributed by atoms with van der Waals surface area (Å²) in [6.45, 7) is 5.59. The predicted molar refractivity (Wildman–Crippen MR) is 53.0 cm³/mol. The summed E-state index contributed by atoms with van der Waals surface area (Å²) in [5.41, 5.74) is 0. The van der Waals surface area contributed by atoms with Crippen LogP contribution >= 0.6 is 23.2 Å². The van der Waals surface area contributed by atoms with E-state index in [0.29, 0.717) is 5.03 Å². The summed E-state index contributed by atoms with van der Waals surface area (Å²) in [5.74, 6) is 0. The largest absolute Gasteiger partial charge is 0.0892 e. The quantitative estimate of drug-likeness (QED) is 0.583. The molecule has 2 heteroatoms. The molecule has 0 spiro atoms. The fourth-order valence-electron chi connectivity index (χ4n) is 0.579. The van der Waals surface area contributed by atoms with E-state index < -0.39 is 0 Å². The zero-order valence-corrected chi connectivity index (χ0v) is 8.12. The van der Waals surface area contributed by atoms with E-state index >= 15 is 0 Å². The summed E-state index contributed by atoms with van der Waals surface area (Å²) in [4.78, 5) is 0. The summed E-state index contributed by atoms with van der Waals surface area (Å²) in [6.07, 6.45) is 7.32. The van der Waals surface area contributed by atoms with Gasteiger partial charge in [-0.3, -0.25) is 0 Å². The molecule has 0 heterocycles. The molecule has 0 aromatic carbocycles. The van der Waals surface area contributed by atoms with Crippen LogP contribution in [0.25, 0.3) is 0 Å². The van der Waals surface area contributed by atoms with Crippen LogP contribution < -0.4 is 0 Å². The van der Waals surface area contributed by atoms with Gasteiger partial charge in [0.2, 0.25) is 0 Å². The normalized spacial score (nSPS) is 12.5. The second kappa shape index (κ2) is 6.51. The van der Waals surface area contributed by atoms with Crippen molar-refractivity contribution >= 4 is 23.2 Å². The molecule has 0 radical (unpaired) electrons. The Balaban J connectivity index is 3.80. The van der Waals surface area contributed by atoms with Gasteiger partial charge in [0.25, 0.3) is 0 Å². The van der Waals surface area contributed by atoms with Crippen molar-refractivity contribution in [3.05, 3.63) is 34.9 Å². The Morgan fingerprint density at radius 1 is 1.45 bits per heavy atom. The van der Waals surface area contributed by atoms with Crippen molar-refractivity contribution in [1.82, 2.24) is 0 Å². The third-order valence-electron chi connectivity index (χ3n) is 1.04. The van der Waals surface area contributed by atoms with E-state index in [2.05, 4.69) is 13.5 Å². The van der Waals surface area contributed by atoms with E-state index in [0.717, 1.165) is 17.9 Å². The van der Waals surface area contributed by atoms with Crippen molar-refractivity contribution in [1.29, 1.82) is 0 Å². The number of allylic oxidation sites excluding steroid dienone is 5. The van der Waals surface area contributed by atoms with Crippen molar-refractivity contribution < 1.29 is 0 Å². The third-order valence-corrected chi connectivity index (χ3v) is 1.48. The van der Waals surface area contributed by atoms with Crippen LogP contribution in [0.2, 0.25) is 0 Å². The van der Waals surface area contributed by atoms with Crippen LogP contribution in [-0.2, 0) is 0 Å². The first kappa shape index (κ1) is 10.8. The molecule has 0 aliphatic rings. The first-order valence-corrected chi connectivity index (χ1v) is 4.29. The van der Waals surface area contributed by atoms with Gasteiger partial charge >= 0.3 is 0 Å². The first-order chi connectivity index (χ1) is 5.16. The van der Waals surface area contributed by atoms with Crippen molar-refractivity contribution in [3.8, 4) is 0 Å². The summed E-state index contributed by atoms with van der Waals surface area (Å²) < 4.78 is 0. The van der Waals surface area contributed by atoms with E-state index in [4.69, 9.17) is 23.2 Å². The second-order valence-corrected chi connectivity index (χ2v) is 3.14.